The molecule has 0 aliphatic rings. The molecular formula is C15H20FNO4. The summed E-state index contributed by atoms with van der Waals surface area (Å²) in [5, 5.41) is 0. The minimum absolute atomic E-state index is 0.00279. The van der Waals surface area contributed by atoms with Crippen molar-refractivity contribution in [2.45, 2.75) is 32.7 Å². The van der Waals surface area contributed by atoms with Gasteiger partial charge in [0.2, 0.25) is 5.91 Å². The van der Waals surface area contributed by atoms with Crippen molar-refractivity contribution in [3.63, 3.8) is 0 Å². The predicted molar refractivity (Wildman–Crippen MR) is 76.8 cm³/mol. The Kier molecular flexibility index (Phi) is 6.14. The summed E-state index contributed by atoms with van der Waals surface area (Å²) in [4.78, 5) is 24.8. The summed E-state index contributed by atoms with van der Waals surface area (Å²) in [6.45, 7) is 3.64. The maximum Gasteiger partial charge on any atom is 0.306 e. The highest BCUT2D eigenvalue weighted by Gasteiger charge is 2.21. The highest BCUT2D eigenvalue weighted by Crippen LogP contribution is 2.25. The van der Waals surface area contributed by atoms with Crippen LogP contribution >= 0.6 is 0 Å². The van der Waals surface area contributed by atoms with Crippen molar-refractivity contribution >= 4 is 17.6 Å². The highest BCUT2D eigenvalue weighted by molar-refractivity contribution is 5.95. The van der Waals surface area contributed by atoms with Crippen LogP contribution in [0.2, 0.25) is 0 Å². The number of hydrogen-bond acceptors (Lipinski definition) is 4. The van der Waals surface area contributed by atoms with E-state index in [4.69, 9.17) is 4.74 Å². The molecular weight excluding hydrogens is 277 g/mol. The summed E-state index contributed by atoms with van der Waals surface area (Å²) in [6, 6.07) is 4.16. The SMILES string of the molecule is COC(=O)CCC(=O)N(c1ccc(OC)c(F)c1)C(C)C. The maximum atomic E-state index is 13.8. The van der Waals surface area contributed by atoms with Crippen LogP contribution in [0.1, 0.15) is 26.7 Å². The quantitative estimate of drug-likeness (QED) is 0.757. The predicted octanol–water partition coefficient (Wildman–Crippen LogP) is 2.53. The molecule has 0 aliphatic carbocycles. The topological polar surface area (TPSA) is 55.8 Å². The van der Waals surface area contributed by atoms with Crippen LogP contribution in [0.15, 0.2) is 18.2 Å². The molecule has 1 aromatic rings. The highest BCUT2D eigenvalue weighted by atomic mass is 19.1. The van der Waals surface area contributed by atoms with Crippen LogP contribution in [0.3, 0.4) is 0 Å². The number of nitrogens with zero attached hydrogens (tertiary/aromatic N) is 1. The number of rotatable bonds is 6. The minimum atomic E-state index is -0.540. The first-order chi connectivity index (χ1) is 9.90. The average Bonchev–Trinajstić information content (AvgIpc) is 2.44. The number of halogens is 1. The lowest BCUT2D eigenvalue weighted by Gasteiger charge is -2.27. The first-order valence-electron chi connectivity index (χ1n) is 6.63. The third-order valence-electron chi connectivity index (χ3n) is 2.97. The Morgan fingerprint density at radius 1 is 1.24 bits per heavy atom. The molecule has 1 amide bonds. The maximum absolute atomic E-state index is 13.8. The van der Waals surface area contributed by atoms with Crippen molar-refractivity contribution in [2.75, 3.05) is 19.1 Å². The van der Waals surface area contributed by atoms with Gasteiger partial charge in [-0.25, -0.2) is 4.39 Å². The largest absolute Gasteiger partial charge is 0.494 e. The van der Waals surface area contributed by atoms with Crippen molar-refractivity contribution in [3.8, 4) is 5.75 Å². The summed E-state index contributed by atoms with van der Waals surface area (Å²) in [5.41, 5.74) is 0.429. The molecule has 6 heteroatoms. The Labute approximate surface area is 123 Å². The zero-order chi connectivity index (χ0) is 16.0. The number of amides is 1. The number of hydrogen-bond donors (Lipinski definition) is 0. The summed E-state index contributed by atoms with van der Waals surface area (Å²) in [5.74, 6) is -1.14. The first-order valence-corrected chi connectivity index (χ1v) is 6.63. The zero-order valence-corrected chi connectivity index (χ0v) is 12.7. The number of carbonyl (C=O) groups is 2. The van der Waals surface area contributed by atoms with Crippen LogP contribution in [0.25, 0.3) is 0 Å². The van der Waals surface area contributed by atoms with E-state index < -0.39 is 11.8 Å². The number of carbonyl (C=O) groups excluding carboxylic acids is 2. The molecule has 0 unspecified atom stereocenters. The summed E-state index contributed by atoms with van der Waals surface area (Å²) in [6.07, 6.45) is 0.00961. The summed E-state index contributed by atoms with van der Waals surface area (Å²) in [7, 11) is 2.64. The van der Waals surface area contributed by atoms with Crippen molar-refractivity contribution < 1.29 is 23.5 Å². The molecule has 0 N–H and O–H groups in total. The zero-order valence-electron chi connectivity index (χ0n) is 12.7. The fourth-order valence-corrected chi connectivity index (χ4v) is 1.97. The van der Waals surface area contributed by atoms with E-state index in [1.807, 2.05) is 13.8 Å². The number of anilines is 1. The van der Waals surface area contributed by atoms with Gasteiger partial charge in [0.1, 0.15) is 0 Å². The molecule has 1 aromatic carbocycles. The molecule has 0 aromatic heterocycles. The second-order valence-electron chi connectivity index (χ2n) is 4.75. The van der Waals surface area contributed by atoms with Crippen molar-refractivity contribution in [1.82, 2.24) is 0 Å². The number of benzene rings is 1. The van der Waals surface area contributed by atoms with E-state index in [9.17, 15) is 14.0 Å². The molecule has 0 bridgehead atoms. The van der Waals surface area contributed by atoms with Gasteiger partial charge in [-0.3, -0.25) is 9.59 Å². The molecule has 0 spiro atoms. The molecule has 0 heterocycles. The van der Waals surface area contributed by atoms with Crippen LogP contribution in [-0.4, -0.2) is 32.1 Å². The smallest absolute Gasteiger partial charge is 0.306 e. The molecule has 0 fully saturated rings. The van der Waals surface area contributed by atoms with Gasteiger partial charge in [0, 0.05) is 24.2 Å². The molecule has 0 atom stereocenters. The molecule has 0 saturated carbocycles. The Bertz CT molecular complexity index is 516. The van der Waals surface area contributed by atoms with Crippen LogP contribution in [0.5, 0.6) is 5.75 Å². The molecule has 1 rings (SSSR count). The van der Waals surface area contributed by atoms with Crippen LogP contribution < -0.4 is 9.64 Å². The lowest BCUT2D eigenvalue weighted by atomic mass is 10.2. The fourth-order valence-electron chi connectivity index (χ4n) is 1.97. The Morgan fingerprint density at radius 3 is 2.38 bits per heavy atom. The molecule has 0 radical (unpaired) electrons. The average molecular weight is 297 g/mol. The van der Waals surface area contributed by atoms with Gasteiger partial charge in [0.15, 0.2) is 11.6 Å². The van der Waals surface area contributed by atoms with Gasteiger partial charge in [0.25, 0.3) is 0 Å². The van der Waals surface area contributed by atoms with Crippen LogP contribution in [0, 0.1) is 5.82 Å². The molecule has 0 aliphatic heterocycles. The molecule has 0 saturated heterocycles. The summed E-state index contributed by atoms with van der Waals surface area (Å²) >= 11 is 0. The van der Waals surface area contributed by atoms with E-state index in [-0.39, 0.29) is 30.5 Å². The Morgan fingerprint density at radius 2 is 1.90 bits per heavy atom. The van der Waals surface area contributed by atoms with E-state index in [1.165, 1.54) is 31.3 Å². The van der Waals surface area contributed by atoms with Gasteiger partial charge in [-0.2, -0.15) is 0 Å². The minimum Gasteiger partial charge on any atom is -0.494 e. The van der Waals surface area contributed by atoms with Gasteiger partial charge < -0.3 is 14.4 Å². The lowest BCUT2D eigenvalue weighted by Crippen LogP contribution is -2.37. The number of esters is 1. The first kappa shape index (κ1) is 16.9. The van der Waals surface area contributed by atoms with Crippen molar-refractivity contribution in [1.29, 1.82) is 0 Å². The standard InChI is InChI=1S/C15H20FNO4/c1-10(2)17(14(18)7-8-15(19)21-4)11-5-6-13(20-3)12(16)9-11/h5-6,9-10H,7-8H2,1-4H3. The van der Waals surface area contributed by atoms with Gasteiger partial charge in [-0.1, -0.05) is 0 Å². The van der Waals surface area contributed by atoms with Crippen molar-refractivity contribution in [3.05, 3.63) is 24.0 Å². The number of ether oxygens (including phenoxy) is 2. The fraction of sp³-hybridized carbons (Fsp3) is 0.467. The summed E-state index contributed by atoms with van der Waals surface area (Å²) < 4.78 is 23.1. The van der Waals surface area contributed by atoms with E-state index in [0.29, 0.717) is 5.69 Å². The normalized spacial score (nSPS) is 10.4. The van der Waals surface area contributed by atoms with E-state index in [1.54, 1.807) is 6.07 Å². The third kappa shape index (κ3) is 4.44. The van der Waals surface area contributed by atoms with Gasteiger partial charge in [0.05, 0.1) is 20.6 Å². The third-order valence-corrected chi connectivity index (χ3v) is 2.97. The van der Waals surface area contributed by atoms with E-state index in [0.717, 1.165) is 0 Å². The molecule has 21 heavy (non-hydrogen) atoms. The molecule has 5 nitrogen and oxygen atoms in total. The van der Waals surface area contributed by atoms with Crippen molar-refractivity contribution in [2.24, 2.45) is 0 Å². The second kappa shape index (κ2) is 7.61. The second-order valence-corrected chi connectivity index (χ2v) is 4.75. The lowest BCUT2D eigenvalue weighted by molar-refractivity contribution is -0.141. The number of methoxy groups -OCH3 is 2. The van der Waals surface area contributed by atoms with E-state index >= 15 is 0 Å². The Balaban J connectivity index is 2.93. The van der Waals surface area contributed by atoms with Gasteiger partial charge >= 0.3 is 5.97 Å². The van der Waals surface area contributed by atoms with E-state index in [2.05, 4.69) is 4.74 Å². The van der Waals surface area contributed by atoms with Crippen LogP contribution in [0.4, 0.5) is 10.1 Å². The Hall–Kier alpha value is -2.11. The van der Waals surface area contributed by atoms with Gasteiger partial charge in [-0.15, -0.1) is 0 Å². The van der Waals surface area contributed by atoms with Crippen LogP contribution in [-0.2, 0) is 14.3 Å². The molecule has 116 valence electrons. The monoisotopic (exact) mass is 297 g/mol. The van der Waals surface area contributed by atoms with Gasteiger partial charge in [-0.05, 0) is 26.0 Å².